The van der Waals surface area contributed by atoms with Crippen molar-refractivity contribution in [1.29, 1.82) is 0 Å². The Morgan fingerprint density at radius 3 is 2.39 bits per heavy atom. The summed E-state index contributed by atoms with van der Waals surface area (Å²) in [6.45, 7) is 3.68. The van der Waals surface area contributed by atoms with Crippen LogP contribution < -0.4 is 21.1 Å². The molecule has 0 radical (unpaired) electrons. The minimum absolute atomic E-state index is 0.107. The fraction of sp³-hybridized carbons (Fsp3) is 0.296. The Morgan fingerprint density at radius 1 is 1.00 bits per heavy atom. The Bertz CT molecular complexity index is 1240. The molecule has 0 bridgehead atoms. The summed E-state index contributed by atoms with van der Waals surface area (Å²) in [6, 6.07) is 15.5. The second kappa shape index (κ2) is 12.1. The van der Waals surface area contributed by atoms with Gasteiger partial charge in [0, 0.05) is 12.0 Å². The molecule has 190 valence electrons. The average Bonchev–Trinajstić information content (AvgIpc) is 2.86. The van der Waals surface area contributed by atoms with E-state index in [1.165, 1.54) is 18.2 Å². The van der Waals surface area contributed by atoms with Crippen molar-refractivity contribution in [2.24, 2.45) is 11.7 Å². The number of rotatable bonds is 11. The van der Waals surface area contributed by atoms with E-state index in [0.717, 1.165) is 16.3 Å². The van der Waals surface area contributed by atoms with Crippen molar-refractivity contribution in [2.45, 2.75) is 32.4 Å². The fourth-order valence-electron chi connectivity index (χ4n) is 3.49. The van der Waals surface area contributed by atoms with Gasteiger partial charge in [0.1, 0.15) is 17.8 Å². The summed E-state index contributed by atoms with van der Waals surface area (Å²) in [5.41, 5.74) is 6.80. The Balaban J connectivity index is 1.79. The van der Waals surface area contributed by atoms with Crippen LogP contribution in [0.25, 0.3) is 10.8 Å². The Kier molecular flexibility index (Phi) is 8.99. The number of hydrogen-bond donors (Lipinski definition) is 5. The average molecular weight is 494 g/mol. The number of carbonyl (C=O) groups is 3. The number of nitrogens with one attached hydrogen (secondary N) is 2. The summed E-state index contributed by atoms with van der Waals surface area (Å²) < 4.78 is 5.78. The molecule has 9 nitrogen and oxygen atoms in total. The first-order valence-corrected chi connectivity index (χ1v) is 11.6. The number of nitrogens with two attached hydrogens (primary N) is 1. The molecule has 0 spiro atoms. The van der Waals surface area contributed by atoms with Gasteiger partial charge in [-0.1, -0.05) is 56.3 Å². The molecule has 36 heavy (non-hydrogen) atoms. The number of aliphatic hydroxyl groups excluding tert-OH is 1. The number of fused-ring (bicyclic) bond motifs is 1. The zero-order valence-corrected chi connectivity index (χ0v) is 20.2. The van der Waals surface area contributed by atoms with Crippen molar-refractivity contribution in [1.82, 2.24) is 5.32 Å². The maximum atomic E-state index is 13.0. The second-order valence-corrected chi connectivity index (χ2v) is 8.94. The third-order valence-electron chi connectivity index (χ3n) is 5.46. The van der Waals surface area contributed by atoms with Crippen LogP contribution in [0.3, 0.4) is 0 Å². The van der Waals surface area contributed by atoms with Crippen LogP contribution in [0.2, 0.25) is 0 Å². The van der Waals surface area contributed by atoms with E-state index in [2.05, 4.69) is 10.6 Å². The van der Waals surface area contributed by atoms with Crippen LogP contribution in [-0.4, -0.2) is 53.3 Å². The maximum absolute atomic E-state index is 13.0. The molecule has 0 saturated carbocycles. The monoisotopic (exact) mass is 493 g/mol. The molecule has 0 saturated heterocycles. The normalized spacial score (nSPS) is 12.7. The lowest BCUT2D eigenvalue weighted by molar-refractivity contribution is -0.139. The number of ether oxygens (including phenoxy) is 1. The van der Waals surface area contributed by atoms with E-state index >= 15 is 0 Å². The predicted molar refractivity (Wildman–Crippen MR) is 137 cm³/mol. The first-order valence-electron chi connectivity index (χ1n) is 11.6. The molecule has 0 fully saturated rings. The lowest BCUT2D eigenvalue weighted by Gasteiger charge is -2.18. The predicted octanol–water partition coefficient (Wildman–Crippen LogP) is 2.56. The van der Waals surface area contributed by atoms with Crippen molar-refractivity contribution in [3.63, 3.8) is 0 Å². The largest absolute Gasteiger partial charge is 0.491 e. The van der Waals surface area contributed by atoms with Crippen molar-refractivity contribution in [2.75, 3.05) is 18.5 Å². The highest BCUT2D eigenvalue weighted by Gasteiger charge is 2.23. The minimum atomic E-state index is -1.16. The van der Waals surface area contributed by atoms with Crippen molar-refractivity contribution >= 4 is 34.2 Å². The number of carboxylic acids is 1. The molecule has 3 aromatic rings. The first kappa shape index (κ1) is 26.7. The summed E-state index contributed by atoms with van der Waals surface area (Å²) in [4.78, 5) is 37.0. The SMILES string of the molecule is CC(C)COc1cc(C(=O)N[C@@H](Cc2ccc3ccccc3c2)C(=O)O)ccc1NC(=O)[C@@H](N)CO. The molecule has 0 aliphatic rings. The lowest BCUT2D eigenvalue weighted by Crippen LogP contribution is -2.42. The zero-order chi connectivity index (χ0) is 26.2. The molecule has 3 aromatic carbocycles. The molecule has 0 heterocycles. The highest BCUT2D eigenvalue weighted by Crippen LogP contribution is 2.27. The summed E-state index contributed by atoms with van der Waals surface area (Å²) >= 11 is 0. The molecule has 0 aromatic heterocycles. The molecule has 2 amide bonds. The van der Waals surface area contributed by atoms with E-state index in [0.29, 0.717) is 6.61 Å². The van der Waals surface area contributed by atoms with E-state index in [4.69, 9.17) is 15.6 Å². The van der Waals surface area contributed by atoms with Gasteiger partial charge in [0.05, 0.1) is 18.9 Å². The van der Waals surface area contributed by atoms with Crippen LogP contribution in [0.1, 0.15) is 29.8 Å². The zero-order valence-electron chi connectivity index (χ0n) is 20.2. The molecule has 6 N–H and O–H groups in total. The van der Waals surface area contributed by atoms with Crippen LogP contribution in [0, 0.1) is 5.92 Å². The molecule has 0 aliphatic heterocycles. The lowest BCUT2D eigenvalue weighted by atomic mass is 10.0. The number of aliphatic carboxylic acids is 1. The van der Waals surface area contributed by atoms with Gasteiger partial charge in [-0.15, -0.1) is 0 Å². The summed E-state index contributed by atoms with van der Waals surface area (Å²) in [5.74, 6) is -1.96. The second-order valence-electron chi connectivity index (χ2n) is 8.94. The summed E-state index contributed by atoms with van der Waals surface area (Å²) in [5, 5.41) is 26.0. The molecule has 3 rings (SSSR count). The van der Waals surface area contributed by atoms with Gasteiger partial charge in [-0.25, -0.2) is 4.79 Å². The van der Waals surface area contributed by atoms with Gasteiger partial charge in [-0.2, -0.15) is 0 Å². The van der Waals surface area contributed by atoms with Gasteiger partial charge in [0.2, 0.25) is 5.91 Å². The fourth-order valence-corrected chi connectivity index (χ4v) is 3.49. The standard InChI is InChI=1S/C27H31N3O6/c1-16(2)15-36-24-13-20(9-10-22(24)29-26(33)21(28)14-31)25(32)30-23(27(34)35)12-17-7-8-18-5-3-4-6-19(18)11-17/h3-11,13,16,21,23,31H,12,14-15,28H2,1-2H3,(H,29,33)(H,30,32)(H,34,35)/t21-,23-/m0/s1. The van der Waals surface area contributed by atoms with Gasteiger partial charge in [-0.3, -0.25) is 9.59 Å². The van der Waals surface area contributed by atoms with Crippen LogP contribution in [0.5, 0.6) is 5.75 Å². The number of amides is 2. The number of hydrogen-bond acceptors (Lipinski definition) is 6. The Labute approximate surface area is 209 Å². The smallest absolute Gasteiger partial charge is 0.326 e. The highest BCUT2D eigenvalue weighted by atomic mass is 16.5. The van der Waals surface area contributed by atoms with E-state index < -0.39 is 36.5 Å². The van der Waals surface area contributed by atoms with E-state index in [9.17, 15) is 19.5 Å². The van der Waals surface area contributed by atoms with E-state index in [1.807, 2.05) is 56.3 Å². The van der Waals surface area contributed by atoms with Gasteiger partial charge in [-0.05, 0) is 40.5 Å². The number of anilines is 1. The number of carbonyl (C=O) groups excluding carboxylic acids is 2. The van der Waals surface area contributed by atoms with Crippen LogP contribution in [0.4, 0.5) is 5.69 Å². The number of aliphatic hydroxyl groups is 1. The summed E-state index contributed by atoms with van der Waals surface area (Å²) in [7, 11) is 0. The van der Waals surface area contributed by atoms with Crippen molar-refractivity contribution in [3.8, 4) is 5.75 Å². The molecule has 0 aliphatic carbocycles. The topological polar surface area (TPSA) is 151 Å². The maximum Gasteiger partial charge on any atom is 0.326 e. The number of carboxylic acid groups (broad SMARTS) is 1. The van der Waals surface area contributed by atoms with Gasteiger partial charge < -0.3 is 31.3 Å². The molecular weight excluding hydrogens is 462 g/mol. The Morgan fingerprint density at radius 2 is 1.72 bits per heavy atom. The first-order chi connectivity index (χ1) is 17.2. The molecular formula is C27H31N3O6. The van der Waals surface area contributed by atoms with Crippen molar-refractivity contribution in [3.05, 3.63) is 71.8 Å². The van der Waals surface area contributed by atoms with Crippen LogP contribution in [0.15, 0.2) is 60.7 Å². The third kappa shape index (κ3) is 7.03. The van der Waals surface area contributed by atoms with Crippen LogP contribution >= 0.6 is 0 Å². The molecule has 2 atom stereocenters. The highest BCUT2D eigenvalue weighted by molar-refractivity contribution is 6.00. The summed E-state index contributed by atoms with van der Waals surface area (Å²) in [6.07, 6.45) is 0.107. The Hall–Kier alpha value is -3.95. The molecule has 9 heteroatoms. The van der Waals surface area contributed by atoms with E-state index in [1.54, 1.807) is 0 Å². The van der Waals surface area contributed by atoms with Crippen molar-refractivity contribution < 1.29 is 29.3 Å². The number of benzene rings is 3. The van der Waals surface area contributed by atoms with Gasteiger partial charge in [0.25, 0.3) is 5.91 Å². The molecule has 0 unspecified atom stereocenters. The van der Waals surface area contributed by atoms with E-state index in [-0.39, 0.29) is 29.3 Å². The van der Waals surface area contributed by atoms with Gasteiger partial charge >= 0.3 is 5.97 Å². The van der Waals surface area contributed by atoms with Gasteiger partial charge in [0.15, 0.2) is 0 Å². The quantitative estimate of drug-likeness (QED) is 0.275. The van der Waals surface area contributed by atoms with Crippen LogP contribution in [-0.2, 0) is 16.0 Å². The minimum Gasteiger partial charge on any atom is -0.491 e. The third-order valence-corrected chi connectivity index (χ3v) is 5.46.